The predicted octanol–water partition coefficient (Wildman–Crippen LogP) is 2.82. The number of likely N-dealkylation sites (tertiary alicyclic amines) is 1. The van der Waals surface area contributed by atoms with Gasteiger partial charge in [-0.15, -0.1) is 0 Å². The van der Waals surface area contributed by atoms with Crippen molar-refractivity contribution >= 4 is 16.9 Å². The number of nitrogens with zero attached hydrogens (tertiary/aromatic N) is 1. The maximum Gasteiger partial charge on any atom is 0.289 e. The number of para-hydroxylation sites is 1. The van der Waals surface area contributed by atoms with Crippen molar-refractivity contribution < 1.29 is 19.1 Å². The molecule has 0 bridgehead atoms. The van der Waals surface area contributed by atoms with Crippen LogP contribution in [0.2, 0.25) is 0 Å². The van der Waals surface area contributed by atoms with Crippen molar-refractivity contribution in [3.8, 4) is 5.75 Å². The van der Waals surface area contributed by atoms with E-state index in [4.69, 9.17) is 9.15 Å². The topological polar surface area (TPSA) is 62.9 Å². The first-order valence-corrected chi connectivity index (χ1v) is 7.51. The van der Waals surface area contributed by atoms with Crippen molar-refractivity contribution in [1.82, 2.24) is 4.90 Å². The molecule has 1 atom stereocenters. The van der Waals surface area contributed by atoms with E-state index in [9.17, 15) is 9.90 Å². The number of hydrogen-bond donors (Lipinski definition) is 1. The van der Waals surface area contributed by atoms with E-state index in [0.717, 1.165) is 18.2 Å². The fourth-order valence-corrected chi connectivity index (χ4v) is 3.19. The smallest absolute Gasteiger partial charge is 0.289 e. The van der Waals surface area contributed by atoms with Crippen LogP contribution in [0.4, 0.5) is 0 Å². The molecule has 0 saturated carbocycles. The van der Waals surface area contributed by atoms with E-state index < -0.39 is 5.60 Å². The summed E-state index contributed by atoms with van der Waals surface area (Å²) in [7, 11) is 1.57. The zero-order valence-corrected chi connectivity index (χ0v) is 13.1. The van der Waals surface area contributed by atoms with Gasteiger partial charge in [0, 0.05) is 11.9 Å². The van der Waals surface area contributed by atoms with Gasteiger partial charge in [0.15, 0.2) is 17.1 Å². The first-order chi connectivity index (χ1) is 10.4. The lowest BCUT2D eigenvalue weighted by atomic mass is 9.96. The Labute approximate surface area is 129 Å². The summed E-state index contributed by atoms with van der Waals surface area (Å²) in [5.41, 5.74) is -0.345. The molecule has 0 radical (unpaired) electrons. The highest BCUT2D eigenvalue weighted by molar-refractivity contribution is 5.97. The van der Waals surface area contributed by atoms with Gasteiger partial charge in [0.25, 0.3) is 5.91 Å². The molecule has 1 saturated heterocycles. The first kappa shape index (κ1) is 14.9. The normalized spacial score (nSPS) is 18.9. The molecule has 3 rings (SSSR count). The minimum Gasteiger partial charge on any atom is -0.493 e. The largest absolute Gasteiger partial charge is 0.493 e. The molecule has 22 heavy (non-hydrogen) atoms. The summed E-state index contributed by atoms with van der Waals surface area (Å²) in [6, 6.07) is 7.10. The lowest BCUT2D eigenvalue weighted by Gasteiger charge is -2.33. The number of methoxy groups -OCH3 is 1. The number of rotatable bonds is 3. The van der Waals surface area contributed by atoms with Crippen LogP contribution in [0, 0.1) is 0 Å². The Hall–Kier alpha value is -2.01. The van der Waals surface area contributed by atoms with Crippen molar-refractivity contribution in [3.05, 3.63) is 30.0 Å². The monoisotopic (exact) mass is 303 g/mol. The second-order valence-corrected chi connectivity index (χ2v) is 6.30. The third-order valence-corrected chi connectivity index (χ3v) is 4.27. The van der Waals surface area contributed by atoms with Crippen molar-refractivity contribution in [2.75, 3.05) is 13.7 Å². The molecule has 0 aliphatic carbocycles. The molecular formula is C17H21NO4. The number of fused-ring (bicyclic) bond motifs is 1. The van der Waals surface area contributed by atoms with Gasteiger partial charge in [0.2, 0.25) is 0 Å². The third-order valence-electron chi connectivity index (χ3n) is 4.27. The molecule has 1 aromatic carbocycles. The van der Waals surface area contributed by atoms with Gasteiger partial charge in [0.1, 0.15) is 0 Å². The fourth-order valence-electron chi connectivity index (χ4n) is 3.19. The van der Waals surface area contributed by atoms with Gasteiger partial charge in [-0.05, 0) is 38.8 Å². The summed E-state index contributed by atoms with van der Waals surface area (Å²) < 4.78 is 11.0. The van der Waals surface area contributed by atoms with Crippen LogP contribution in [0.3, 0.4) is 0 Å². The quantitative estimate of drug-likeness (QED) is 0.947. The molecule has 1 aliphatic rings. The molecular weight excluding hydrogens is 282 g/mol. The average Bonchev–Trinajstić information content (AvgIpc) is 3.11. The summed E-state index contributed by atoms with van der Waals surface area (Å²) in [4.78, 5) is 14.5. The van der Waals surface area contributed by atoms with E-state index in [-0.39, 0.29) is 17.7 Å². The molecule has 1 unspecified atom stereocenters. The van der Waals surface area contributed by atoms with Gasteiger partial charge in [0.05, 0.1) is 18.8 Å². The number of furan rings is 1. The van der Waals surface area contributed by atoms with Gasteiger partial charge in [-0.2, -0.15) is 0 Å². The standard InChI is InChI=1S/C17H21NO4/c1-17(2,20)14-8-5-9-18(14)16(19)13-10-11-6-4-7-12(21-3)15(11)22-13/h4,6-7,10,14,20H,5,8-9H2,1-3H3. The first-order valence-electron chi connectivity index (χ1n) is 7.51. The zero-order valence-electron chi connectivity index (χ0n) is 13.1. The van der Waals surface area contributed by atoms with Gasteiger partial charge in [-0.1, -0.05) is 12.1 Å². The number of carbonyl (C=O) groups is 1. The Bertz CT molecular complexity index is 698. The maximum atomic E-state index is 12.8. The van der Waals surface area contributed by atoms with Crippen LogP contribution < -0.4 is 4.74 Å². The van der Waals surface area contributed by atoms with E-state index in [2.05, 4.69) is 0 Å². The SMILES string of the molecule is COc1cccc2cc(C(=O)N3CCCC3C(C)(C)O)oc12. The molecule has 2 heterocycles. The van der Waals surface area contributed by atoms with Crippen molar-refractivity contribution in [2.45, 2.75) is 38.3 Å². The fraction of sp³-hybridized carbons (Fsp3) is 0.471. The van der Waals surface area contributed by atoms with Crippen molar-refractivity contribution in [2.24, 2.45) is 0 Å². The van der Waals surface area contributed by atoms with Crippen LogP contribution in [-0.4, -0.2) is 41.2 Å². The van der Waals surface area contributed by atoms with Crippen LogP contribution in [0.25, 0.3) is 11.0 Å². The average molecular weight is 303 g/mol. The molecule has 1 aromatic heterocycles. The Morgan fingerprint density at radius 2 is 2.23 bits per heavy atom. The summed E-state index contributed by atoms with van der Waals surface area (Å²) in [6.45, 7) is 4.12. The number of aliphatic hydroxyl groups is 1. The number of amides is 1. The second-order valence-electron chi connectivity index (χ2n) is 6.30. The number of hydrogen-bond acceptors (Lipinski definition) is 4. The molecule has 1 aliphatic heterocycles. The summed E-state index contributed by atoms with van der Waals surface area (Å²) in [5, 5.41) is 11.1. The molecule has 0 spiro atoms. The zero-order chi connectivity index (χ0) is 15.9. The molecule has 5 heteroatoms. The van der Waals surface area contributed by atoms with E-state index in [1.54, 1.807) is 38.0 Å². The lowest BCUT2D eigenvalue weighted by molar-refractivity contribution is -0.000686. The molecule has 1 amide bonds. The van der Waals surface area contributed by atoms with Gasteiger partial charge in [-0.3, -0.25) is 4.79 Å². The minimum absolute atomic E-state index is 0.178. The maximum absolute atomic E-state index is 12.8. The summed E-state index contributed by atoms with van der Waals surface area (Å²) >= 11 is 0. The highest BCUT2D eigenvalue weighted by Crippen LogP contribution is 2.32. The lowest BCUT2D eigenvalue weighted by Crippen LogP contribution is -2.48. The molecule has 1 N–H and O–H groups in total. The predicted molar refractivity (Wildman–Crippen MR) is 83.1 cm³/mol. The second kappa shape index (κ2) is 5.32. The number of carbonyl (C=O) groups excluding carboxylic acids is 1. The van der Waals surface area contributed by atoms with Crippen LogP contribution in [-0.2, 0) is 0 Å². The molecule has 2 aromatic rings. The van der Waals surface area contributed by atoms with E-state index >= 15 is 0 Å². The molecule has 1 fully saturated rings. The molecule has 118 valence electrons. The van der Waals surface area contributed by atoms with Gasteiger partial charge >= 0.3 is 0 Å². The summed E-state index contributed by atoms with van der Waals surface area (Å²) in [6.07, 6.45) is 1.70. The minimum atomic E-state index is -0.921. The number of benzene rings is 1. The Morgan fingerprint density at radius 1 is 1.45 bits per heavy atom. The van der Waals surface area contributed by atoms with Gasteiger partial charge < -0.3 is 19.2 Å². The van der Waals surface area contributed by atoms with Crippen molar-refractivity contribution in [3.63, 3.8) is 0 Å². The van der Waals surface area contributed by atoms with E-state index in [1.807, 2.05) is 12.1 Å². The Balaban J connectivity index is 1.95. The van der Waals surface area contributed by atoms with Crippen molar-refractivity contribution in [1.29, 1.82) is 0 Å². The highest BCUT2D eigenvalue weighted by Gasteiger charge is 2.39. The van der Waals surface area contributed by atoms with Crippen LogP contribution >= 0.6 is 0 Å². The summed E-state index contributed by atoms with van der Waals surface area (Å²) in [5.74, 6) is 0.718. The van der Waals surface area contributed by atoms with E-state index in [1.165, 1.54) is 0 Å². The molecule has 5 nitrogen and oxygen atoms in total. The third kappa shape index (κ3) is 2.46. The van der Waals surface area contributed by atoms with Crippen LogP contribution in [0.1, 0.15) is 37.2 Å². The number of ether oxygens (including phenoxy) is 1. The van der Waals surface area contributed by atoms with Crippen LogP contribution in [0.15, 0.2) is 28.7 Å². The van der Waals surface area contributed by atoms with E-state index in [0.29, 0.717) is 17.9 Å². The van der Waals surface area contributed by atoms with Gasteiger partial charge in [-0.25, -0.2) is 0 Å². The highest BCUT2D eigenvalue weighted by atomic mass is 16.5. The van der Waals surface area contributed by atoms with Crippen LogP contribution in [0.5, 0.6) is 5.75 Å². The Morgan fingerprint density at radius 3 is 2.91 bits per heavy atom. The Kier molecular flexibility index (Phi) is 3.60.